The Morgan fingerprint density at radius 3 is 3.00 bits per heavy atom. The number of nitrogens with one attached hydrogen (secondary N) is 1. The zero-order valence-electron chi connectivity index (χ0n) is 12.5. The van der Waals surface area contributed by atoms with Crippen LogP contribution in [-0.4, -0.2) is 25.7 Å². The summed E-state index contributed by atoms with van der Waals surface area (Å²) in [5.41, 5.74) is 0. The van der Waals surface area contributed by atoms with Gasteiger partial charge in [-0.2, -0.15) is 5.10 Å². The van der Waals surface area contributed by atoms with E-state index in [9.17, 15) is 4.79 Å². The van der Waals surface area contributed by atoms with Crippen molar-refractivity contribution in [1.29, 1.82) is 0 Å². The maximum absolute atomic E-state index is 12.2. The van der Waals surface area contributed by atoms with Gasteiger partial charge in [-0.3, -0.25) is 4.79 Å². The lowest BCUT2D eigenvalue weighted by Gasteiger charge is -2.12. The molecule has 3 aromatic rings. The molecule has 0 aliphatic carbocycles. The Hall–Kier alpha value is -3.42. The third-order valence-electron chi connectivity index (χ3n) is 3.43. The standard InChI is InChI=1S/C16H13N5O3/c22-16(12-5-2-9-24-12)19-13-10-14(21-7-3-6-17-21)20-15(18-13)11-4-1-8-23-11/h1-3,5-11H,4H2,(H,18,19,20,22). The van der Waals surface area contributed by atoms with Gasteiger partial charge in [0.1, 0.15) is 5.82 Å². The lowest BCUT2D eigenvalue weighted by molar-refractivity contribution is 0.0996. The minimum absolute atomic E-state index is 0.203. The van der Waals surface area contributed by atoms with E-state index in [2.05, 4.69) is 20.4 Å². The fraction of sp³-hybridized carbons (Fsp3) is 0.125. The van der Waals surface area contributed by atoms with E-state index in [4.69, 9.17) is 9.15 Å². The molecule has 0 saturated heterocycles. The Bertz CT molecular complexity index is 863. The molecular formula is C16H13N5O3. The van der Waals surface area contributed by atoms with E-state index in [1.54, 1.807) is 47.6 Å². The third-order valence-corrected chi connectivity index (χ3v) is 3.43. The van der Waals surface area contributed by atoms with E-state index in [1.165, 1.54) is 6.26 Å². The van der Waals surface area contributed by atoms with Crippen LogP contribution in [0.25, 0.3) is 5.82 Å². The molecule has 1 aliphatic heterocycles. The van der Waals surface area contributed by atoms with Crippen LogP contribution in [-0.2, 0) is 4.74 Å². The molecule has 4 heterocycles. The van der Waals surface area contributed by atoms with Crippen LogP contribution in [0.4, 0.5) is 5.82 Å². The van der Waals surface area contributed by atoms with Gasteiger partial charge in [-0.15, -0.1) is 0 Å². The van der Waals surface area contributed by atoms with Gasteiger partial charge in [0.25, 0.3) is 5.91 Å². The number of carbonyl (C=O) groups is 1. The topological polar surface area (TPSA) is 95.1 Å². The zero-order chi connectivity index (χ0) is 16.4. The number of carbonyl (C=O) groups excluding carboxylic acids is 1. The average Bonchev–Trinajstić information content (AvgIpc) is 3.38. The molecule has 24 heavy (non-hydrogen) atoms. The molecule has 120 valence electrons. The van der Waals surface area contributed by atoms with Crippen LogP contribution < -0.4 is 5.32 Å². The molecule has 3 aromatic heterocycles. The van der Waals surface area contributed by atoms with Crippen molar-refractivity contribution >= 4 is 11.7 Å². The van der Waals surface area contributed by atoms with Crippen molar-refractivity contribution in [2.75, 3.05) is 5.32 Å². The molecule has 1 unspecified atom stereocenters. The molecule has 0 saturated carbocycles. The number of nitrogens with zero attached hydrogens (tertiary/aromatic N) is 4. The van der Waals surface area contributed by atoms with Crippen LogP contribution in [0.3, 0.4) is 0 Å². The molecule has 8 nitrogen and oxygen atoms in total. The monoisotopic (exact) mass is 323 g/mol. The number of ether oxygens (including phenoxy) is 1. The van der Waals surface area contributed by atoms with Gasteiger partial charge in [0.05, 0.1) is 12.5 Å². The number of anilines is 1. The molecule has 8 heteroatoms. The van der Waals surface area contributed by atoms with Gasteiger partial charge in [-0.05, 0) is 24.3 Å². The number of furan rings is 1. The van der Waals surface area contributed by atoms with E-state index >= 15 is 0 Å². The van der Waals surface area contributed by atoms with Crippen molar-refractivity contribution in [2.24, 2.45) is 0 Å². The molecule has 0 radical (unpaired) electrons. The average molecular weight is 323 g/mol. The van der Waals surface area contributed by atoms with Crippen LogP contribution in [0, 0.1) is 0 Å². The van der Waals surface area contributed by atoms with Gasteiger partial charge in [-0.25, -0.2) is 14.6 Å². The van der Waals surface area contributed by atoms with Crippen LogP contribution in [0.5, 0.6) is 0 Å². The Labute approximate surface area is 136 Å². The lowest BCUT2D eigenvalue weighted by atomic mass is 10.2. The van der Waals surface area contributed by atoms with E-state index in [1.807, 2.05) is 6.08 Å². The minimum atomic E-state index is -0.387. The van der Waals surface area contributed by atoms with Gasteiger partial charge in [0.15, 0.2) is 23.5 Å². The fourth-order valence-electron chi connectivity index (χ4n) is 2.32. The number of hydrogen-bond acceptors (Lipinski definition) is 6. The summed E-state index contributed by atoms with van der Waals surface area (Å²) in [6.45, 7) is 0. The van der Waals surface area contributed by atoms with E-state index in [0.717, 1.165) is 0 Å². The van der Waals surface area contributed by atoms with Crippen molar-refractivity contribution in [2.45, 2.75) is 12.5 Å². The number of amides is 1. The van der Waals surface area contributed by atoms with Crippen molar-refractivity contribution < 1.29 is 13.9 Å². The third kappa shape index (κ3) is 2.76. The summed E-state index contributed by atoms with van der Waals surface area (Å²) < 4.78 is 12.2. The number of hydrogen-bond donors (Lipinski definition) is 1. The highest BCUT2D eigenvalue weighted by Gasteiger charge is 2.20. The lowest BCUT2D eigenvalue weighted by Crippen LogP contribution is -2.15. The van der Waals surface area contributed by atoms with Crippen LogP contribution in [0.2, 0.25) is 0 Å². The summed E-state index contributed by atoms with van der Waals surface area (Å²) in [7, 11) is 0. The first-order chi connectivity index (χ1) is 11.8. The van der Waals surface area contributed by atoms with Gasteiger partial charge < -0.3 is 14.5 Å². The second-order valence-corrected chi connectivity index (χ2v) is 5.08. The molecule has 1 amide bonds. The molecule has 1 atom stereocenters. The Morgan fingerprint density at radius 2 is 2.29 bits per heavy atom. The smallest absolute Gasteiger partial charge is 0.292 e. The summed E-state index contributed by atoms with van der Waals surface area (Å²) in [6.07, 6.45) is 8.77. The van der Waals surface area contributed by atoms with Crippen molar-refractivity contribution in [3.8, 4) is 5.82 Å². The predicted octanol–water partition coefficient (Wildman–Crippen LogP) is 2.48. The highest BCUT2D eigenvalue weighted by atomic mass is 16.5. The SMILES string of the molecule is O=C(Nc1cc(-n2cccn2)nc(C2CC=CO2)n1)c1ccco1. The molecule has 0 bridgehead atoms. The van der Waals surface area contributed by atoms with E-state index in [0.29, 0.717) is 23.9 Å². The normalized spacial score (nSPS) is 16.1. The first kappa shape index (κ1) is 14.2. The molecule has 0 spiro atoms. The molecule has 0 aromatic carbocycles. The summed E-state index contributed by atoms with van der Waals surface area (Å²) >= 11 is 0. The van der Waals surface area contributed by atoms with Crippen molar-refractivity contribution in [3.63, 3.8) is 0 Å². The highest BCUT2D eigenvalue weighted by molar-refractivity contribution is 6.01. The second-order valence-electron chi connectivity index (χ2n) is 5.08. The van der Waals surface area contributed by atoms with Gasteiger partial charge >= 0.3 is 0 Å². The van der Waals surface area contributed by atoms with E-state index < -0.39 is 0 Å². The summed E-state index contributed by atoms with van der Waals surface area (Å²) in [5, 5.41) is 6.87. The fourth-order valence-corrected chi connectivity index (χ4v) is 2.32. The predicted molar refractivity (Wildman–Crippen MR) is 83.4 cm³/mol. The quantitative estimate of drug-likeness (QED) is 0.792. The summed E-state index contributed by atoms with van der Waals surface area (Å²) in [6, 6.07) is 6.65. The number of aromatic nitrogens is 4. The zero-order valence-corrected chi connectivity index (χ0v) is 12.5. The minimum Gasteiger partial charge on any atom is -0.490 e. The Morgan fingerprint density at radius 1 is 1.33 bits per heavy atom. The maximum atomic E-state index is 12.2. The molecule has 4 rings (SSSR count). The number of rotatable bonds is 4. The molecule has 0 fully saturated rings. The van der Waals surface area contributed by atoms with Crippen molar-refractivity contribution in [3.05, 3.63) is 66.8 Å². The Balaban J connectivity index is 1.68. The van der Waals surface area contributed by atoms with Gasteiger partial charge in [0.2, 0.25) is 0 Å². The van der Waals surface area contributed by atoms with Crippen molar-refractivity contribution in [1.82, 2.24) is 19.7 Å². The highest BCUT2D eigenvalue weighted by Crippen LogP contribution is 2.26. The second kappa shape index (κ2) is 5.99. The van der Waals surface area contributed by atoms with Gasteiger partial charge in [-0.1, -0.05) is 0 Å². The molecule has 1 N–H and O–H groups in total. The molecule has 1 aliphatic rings. The largest absolute Gasteiger partial charge is 0.490 e. The van der Waals surface area contributed by atoms with Crippen LogP contribution in [0.15, 0.2) is 59.7 Å². The first-order valence-corrected chi connectivity index (χ1v) is 7.34. The van der Waals surface area contributed by atoms with E-state index in [-0.39, 0.29) is 17.8 Å². The van der Waals surface area contributed by atoms with Crippen LogP contribution in [0.1, 0.15) is 28.9 Å². The van der Waals surface area contributed by atoms with Crippen LogP contribution >= 0.6 is 0 Å². The Kier molecular flexibility index (Phi) is 3.54. The summed E-state index contributed by atoms with van der Waals surface area (Å²) in [5.74, 6) is 1.18. The summed E-state index contributed by atoms with van der Waals surface area (Å²) in [4.78, 5) is 21.0. The molecular weight excluding hydrogens is 310 g/mol. The first-order valence-electron chi connectivity index (χ1n) is 7.34. The van der Waals surface area contributed by atoms with Gasteiger partial charge in [0, 0.05) is 24.9 Å². The maximum Gasteiger partial charge on any atom is 0.292 e.